The lowest BCUT2D eigenvalue weighted by molar-refractivity contribution is 0.155. The van der Waals surface area contributed by atoms with Gasteiger partial charge in [-0.25, -0.2) is 9.97 Å². The van der Waals surface area contributed by atoms with Crippen LogP contribution in [0.4, 0.5) is 0 Å². The number of fused-ring (bicyclic) bond motifs is 3. The monoisotopic (exact) mass is 366 g/mol. The van der Waals surface area contributed by atoms with Gasteiger partial charge in [-0.05, 0) is 45.7 Å². The van der Waals surface area contributed by atoms with Crippen LogP contribution in [0.2, 0.25) is 0 Å². The molecule has 0 amide bonds. The van der Waals surface area contributed by atoms with E-state index < -0.39 is 6.10 Å². The van der Waals surface area contributed by atoms with Crippen molar-refractivity contribution < 1.29 is 5.11 Å². The molecule has 4 rings (SSSR count). The lowest BCUT2D eigenvalue weighted by Gasteiger charge is -2.35. The molecule has 0 aromatic carbocycles. The highest BCUT2D eigenvalue weighted by atomic mass is 16.3. The van der Waals surface area contributed by atoms with Gasteiger partial charge in [-0.15, -0.1) is 0 Å². The molecule has 3 aromatic rings. The first kappa shape index (κ1) is 18.0. The third-order valence-corrected chi connectivity index (χ3v) is 5.87. The van der Waals surface area contributed by atoms with Gasteiger partial charge in [-0.1, -0.05) is 0 Å². The molecule has 1 aliphatic carbocycles. The second-order valence-electron chi connectivity index (χ2n) is 7.60. The summed E-state index contributed by atoms with van der Waals surface area (Å²) in [7, 11) is 2.12. The van der Waals surface area contributed by atoms with E-state index >= 15 is 0 Å². The zero-order valence-corrected chi connectivity index (χ0v) is 15.9. The van der Waals surface area contributed by atoms with Gasteiger partial charge in [0.2, 0.25) is 0 Å². The van der Waals surface area contributed by atoms with Crippen LogP contribution < -0.4 is 0 Å². The Labute approximate surface area is 158 Å². The average molecular weight is 366 g/mol. The SMILES string of the molecule is C[C@@H](O)c1nc2cnc3[nH]ccc3c2n1C1CCC(N(C)CCC#N)CC1. The van der Waals surface area contributed by atoms with Crippen LogP contribution in [0, 0.1) is 11.3 Å². The average Bonchev–Trinajstić information content (AvgIpc) is 3.30. The Morgan fingerprint density at radius 1 is 1.41 bits per heavy atom. The smallest absolute Gasteiger partial charge is 0.139 e. The molecule has 2 N–H and O–H groups in total. The molecule has 0 spiro atoms. The minimum absolute atomic E-state index is 0.320. The number of H-pyrrole nitrogens is 1. The number of nitriles is 1. The minimum Gasteiger partial charge on any atom is -0.385 e. The van der Waals surface area contributed by atoms with Crippen LogP contribution in [0.1, 0.15) is 57.0 Å². The van der Waals surface area contributed by atoms with E-state index in [0.29, 0.717) is 18.5 Å². The molecular formula is C20H26N6O. The van der Waals surface area contributed by atoms with Gasteiger partial charge in [-0.2, -0.15) is 5.26 Å². The number of aliphatic hydroxyl groups excluding tert-OH is 1. The van der Waals surface area contributed by atoms with Crippen molar-refractivity contribution in [2.75, 3.05) is 13.6 Å². The fourth-order valence-corrected chi connectivity index (χ4v) is 4.44. The van der Waals surface area contributed by atoms with Crippen molar-refractivity contribution in [3.05, 3.63) is 24.3 Å². The van der Waals surface area contributed by atoms with Crippen LogP contribution >= 0.6 is 0 Å². The van der Waals surface area contributed by atoms with Crippen LogP contribution in [-0.4, -0.2) is 49.2 Å². The molecule has 1 saturated carbocycles. The van der Waals surface area contributed by atoms with Crippen LogP contribution in [-0.2, 0) is 0 Å². The van der Waals surface area contributed by atoms with Gasteiger partial charge in [0, 0.05) is 36.6 Å². The van der Waals surface area contributed by atoms with E-state index in [1.165, 1.54) is 0 Å². The Bertz CT molecular complexity index is 974. The third kappa shape index (κ3) is 3.20. The van der Waals surface area contributed by atoms with Crippen molar-refractivity contribution in [2.24, 2.45) is 0 Å². The maximum absolute atomic E-state index is 10.3. The topological polar surface area (TPSA) is 93.8 Å². The number of nitrogens with one attached hydrogen (secondary N) is 1. The highest BCUT2D eigenvalue weighted by molar-refractivity contribution is 6.01. The normalized spacial score (nSPS) is 21.7. The van der Waals surface area contributed by atoms with Crippen molar-refractivity contribution >= 4 is 22.1 Å². The van der Waals surface area contributed by atoms with Gasteiger partial charge in [0.25, 0.3) is 0 Å². The van der Waals surface area contributed by atoms with Crippen molar-refractivity contribution in [2.45, 2.75) is 57.2 Å². The van der Waals surface area contributed by atoms with Gasteiger partial charge in [-0.3, -0.25) is 0 Å². The molecule has 7 heteroatoms. The molecule has 1 fully saturated rings. The number of aliphatic hydroxyl groups is 1. The van der Waals surface area contributed by atoms with Gasteiger partial charge >= 0.3 is 0 Å². The van der Waals surface area contributed by atoms with Crippen molar-refractivity contribution in [3.8, 4) is 6.07 Å². The Morgan fingerprint density at radius 3 is 2.89 bits per heavy atom. The molecule has 0 aliphatic heterocycles. The Kier molecular flexibility index (Phi) is 4.85. The summed E-state index contributed by atoms with van der Waals surface area (Å²) in [6.45, 7) is 2.61. The van der Waals surface area contributed by atoms with Crippen LogP contribution in [0.3, 0.4) is 0 Å². The lowest BCUT2D eigenvalue weighted by Crippen LogP contribution is -2.36. The highest BCUT2D eigenvalue weighted by Gasteiger charge is 2.29. The Balaban J connectivity index is 1.66. The summed E-state index contributed by atoms with van der Waals surface area (Å²) < 4.78 is 2.25. The Morgan fingerprint density at radius 2 is 2.19 bits per heavy atom. The van der Waals surface area contributed by atoms with Crippen molar-refractivity contribution in [1.29, 1.82) is 5.26 Å². The van der Waals surface area contributed by atoms with E-state index in [4.69, 9.17) is 10.2 Å². The molecule has 142 valence electrons. The summed E-state index contributed by atoms with van der Waals surface area (Å²) >= 11 is 0. The second-order valence-corrected chi connectivity index (χ2v) is 7.60. The Hall–Kier alpha value is -2.43. The largest absolute Gasteiger partial charge is 0.385 e. The molecule has 1 atom stereocenters. The van der Waals surface area contributed by atoms with Gasteiger partial charge in [0.1, 0.15) is 23.1 Å². The van der Waals surface area contributed by atoms with E-state index in [9.17, 15) is 5.11 Å². The molecule has 0 saturated heterocycles. The fraction of sp³-hybridized carbons (Fsp3) is 0.550. The molecule has 7 nitrogen and oxygen atoms in total. The summed E-state index contributed by atoms with van der Waals surface area (Å²) in [6, 6.07) is 5.11. The van der Waals surface area contributed by atoms with Crippen LogP contribution in [0.15, 0.2) is 18.5 Å². The molecular weight excluding hydrogens is 340 g/mol. The molecule has 1 aliphatic rings. The summed E-state index contributed by atoms with van der Waals surface area (Å²) in [5.41, 5.74) is 2.76. The zero-order valence-electron chi connectivity index (χ0n) is 15.9. The maximum Gasteiger partial charge on any atom is 0.139 e. The summed E-state index contributed by atoms with van der Waals surface area (Å²) in [5, 5.41) is 20.2. The standard InChI is InChI=1S/C20H26N6O/c1-13(27)20-24-17-12-23-19-16(8-10-22-19)18(17)26(20)15-6-4-14(5-7-15)25(2)11-3-9-21/h8,10,12-15,27H,3-7,11H2,1-2H3,(H,22,23)/t13-,14?,15?/m1/s1. The maximum atomic E-state index is 10.3. The molecule has 0 unspecified atom stereocenters. The summed E-state index contributed by atoms with van der Waals surface area (Å²) in [5.74, 6) is 0.724. The summed E-state index contributed by atoms with van der Waals surface area (Å²) in [4.78, 5) is 14.6. The molecule has 0 bridgehead atoms. The molecule has 3 aromatic heterocycles. The van der Waals surface area contributed by atoms with Gasteiger partial charge in [0.05, 0.1) is 17.8 Å². The predicted octanol–water partition coefficient (Wildman–Crippen LogP) is 3.30. The van der Waals surface area contributed by atoms with E-state index in [-0.39, 0.29) is 0 Å². The van der Waals surface area contributed by atoms with E-state index in [1.807, 2.05) is 12.3 Å². The predicted molar refractivity (Wildman–Crippen MR) is 104 cm³/mol. The first-order valence-corrected chi connectivity index (χ1v) is 9.69. The summed E-state index contributed by atoms with van der Waals surface area (Å²) in [6.07, 6.45) is 7.91. The first-order valence-electron chi connectivity index (χ1n) is 9.69. The quantitative estimate of drug-likeness (QED) is 0.722. The highest BCUT2D eigenvalue weighted by Crippen LogP contribution is 2.37. The fourth-order valence-electron chi connectivity index (χ4n) is 4.44. The number of aromatic nitrogens is 4. The van der Waals surface area contributed by atoms with Gasteiger partial charge < -0.3 is 19.6 Å². The van der Waals surface area contributed by atoms with Gasteiger partial charge in [0.15, 0.2) is 0 Å². The van der Waals surface area contributed by atoms with Crippen LogP contribution in [0.25, 0.3) is 22.1 Å². The van der Waals surface area contributed by atoms with E-state index in [1.54, 1.807) is 13.1 Å². The first-order chi connectivity index (χ1) is 13.1. The number of hydrogen-bond donors (Lipinski definition) is 2. The number of nitrogens with zero attached hydrogens (tertiary/aromatic N) is 5. The number of aromatic amines is 1. The van der Waals surface area contributed by atoms with E-state index in [2.05, 4.69) is 32.6 Å². The van der Waals surface area contributed by atoms with Crippen molar-refractivity contribution in [1.82, 2.24) is 24.4 Å². The second kappa shape index (κ2) is 7.29. The lowest BCUT2D eigenvalue weighted by atomic mass is 9.89. The molecule has 0 radical (unpaired) electrons. The third-order valence-electron chi connectivity index (χ3n) is 5.87. The van der Waals surface area contributed by atoms with E-state index in [0.717, 1.165) is 60.1 Å². The number of imidazole rings is 1. The molecule has 3 heterocycles. The minimum atomic E-state index is -0.623. The number of hydrogen-bond acceptors (Lipinski definition) is 5. The zero-order chi connectivity index (χ0) is 19.0. The molecule has 27 heavy (non-hydrogen) atoms. The van der Waals surface area contributed by atoms with Crippen LogP contribution in [0.5, 0.6) is 0 Å². The van der Waals surface area contributed by atoms with Crippen molar-refractivity contribution in [3.63, 3.8) is 0 Å². The number of rotatable bonds is 5. The number of pyridine rings is 1.